The van der Waals surface area contributed by atoms with Gasteiger partial charge in [-0.15, -0.1) is 0 Å². The zero-order chi connectivity index (χ0) is 14.2. The van der Waals surface area contributed by atoms with E-state index < -0.39 is 0 Å². The molecule has 2 N–H and O–H groups in total. The number of hydrogen-bond donors (Lipinski definition) is 1. The largest absolute Gasteiger partial charge is 0.367 e. The van der Waals surface area contributed by atoms with Crippen LogP contribution in [0.15, 0.2) is 0 Å². The van der Waals surface area contributed by atoms with Crippen LogP contribution in [0.25, 0.3) is 0 Å². The minimum Gasteiger partial charge on any atom is -0.367 e. The fourth-order valence-electron chi connectivity index (χ4n) is 3.41. The van der Waals surface area contributed by atoms with E-state index in [9.17, 15) is 0 Å². The third kappa shape index (κ3) is 2.47. The van der Waals surface area contributed by atoms with Crippen LogP contribution in [0.2, 0.25) is 0 Å². The molecule has 2 atom stereocenters. The molecule has 0 amide bonds. The van der Waals surface area contributed by atoms with Gasteiger partial charge in [0.05, 0.1) is 0 Å². The summed E-state index contributed by atoms with van der Waals surface area (Å²) in [5, 5.41) is 0. The van der Waals surface area contributed by atoms with Crippen LogP contribution >= 0.6 is 0 Å². The van der Waals surface area contributed by atoms with Gasteiger partial charge in [-0.25, -0.2) is 9.97 Å². The van der Waals surface area contributed by atoms with Crippen molar-refractivity contribution in [1.82, 2.24) is 9.97 Å². The zero-order valence-electron chi connectivity index (χ0n) is 12.6. The van der Waals surface area contributed by atoms with Crippen molar-refractivity contribution in [3.63, 3.8) is 0 Å². The zero-order valence-corrected chi connectivity index (χ0v) is 12.6. The third-order valence-corrected chi connectivity index (χ3v) is 4.86. The summed E-state index contributed by atoms with van der Waals surface area (Å²) in [5.41, 5.74) is 9.21. The topological polar surface area (TPSA) is 61.0 Å². The van der Waals surface area contributed by atoms with E-state index in [0.717, 1.165) is 56.8 Å². The Kier molecular flexibility index (Phi) is 3.78. The standard InChI is InChI=1S/C16H25N3O/c1-11-13-9-12(10-17)5-6-14(13)19-15(18-11)16(2)7-3-4-8-20-16/h12H,3-10,17H2,1-2H3. The Bertz CT molecular complexity index is 495. The van der Waals surface area contributed by atoms with Crippen molar-refractivity contribution in [1.29, 1.82) is 0 Å². The van der Waals surface area contributed by atoms with Gasteiger partial charge in [0.25, 0.3) is 0 Å². The van der Waals surface area contributed by atoms with Crippen molar-refractivity contribution in [2.45, 2.75) is 58.0 Å². The van der Waals surface area contributed by atoms with Gasteiger partial charge in [-0.2, -0.15) is 0 Å². The lowest BCUT2D eigenvalue weighted by atomic mass is 9.85. The number of ether oxygens (including phenoxy) is 1. The highest BCUT2D eigenvalue weighted by Crippen LogP contribution is 2.34. The average Bonchev–Trinajstić information content (AvgIpc) is 2.47. The molecule has 3 rings (SSSR count). The predicted octanol–water partition coefficient (Wildman–Crippen LogP) is 2.26. The number of fused-ring (bicyclic) bond motifs is 1. The molecule has 0 bridgehead atoms. The molecule has 0 saturated carbocycles. The lowest BCUT2D eigenvalue weighted by molar-refractivity contribution is -0.0763. The summed E-state index contributed by atoms with van der Waals surface area (Å²) in [6.45, 7) is 5.83. The summed E-state index contributed by atoms with van der Waals surface area (Å²) < 4.78 is 5.99. The smallest absolute Gasteiger partial charge is 0.160 e. The Morgan fingerprint density at radius 3 is 2.90 bits per heavy atom. The Morgan fingerprint density at radius 1 is 1.35 bits per heavy atom. The highest BCUT2D eigenvalue weighted by molar-refractivity contribution is 5.29. The van der Waals surface area contributed by atoms with Crippen LogP contribution in [-0.2, 0) is 23.2 Å². The second-order valence-corrected chi connectivity index (χ2v) is 6.44. The molecule has 0 aromatic carbocycles. The van der Waals surface area contributed by atoms with Crippen molar-refractivity contribution in [2.75, 3.05) is 13.2 Å². The van der Waals surface area contributed by atoms with Crippen LogP contribution in [0, 0.1) is 12.8 Å². The predicted molar refractivity (Wildman–Crippen MR) is 78.5 cm³/mol. The molecule has 1 aliphatic carbocycles. The Balaban J connectivity index is 1.94. The van der Waals surface area contributed by atoms with Crippen LogP contribution in [-0.4, -0.2) is 23.1 Å². The first-order valence-corrected chi connectivity index (χ1v) is 7.83. The Labute approximate surface area is 121 Å². The molecule has 2 unspecified atom stereocenters. The number of rotatable bonds is 2. The fraction of sp³-hybridized carbons (Fsp3) is 0.750. The number of nitrogens with two attached hydrogens (primary N) is 1. The van der Waals surface area contributed by atoms with E-state index in [-0.39, 0.29) is 5.60 Å². The summed E-state index contributed by atoms with van der Waals surface area (Å²) in [4.78, 5) is 9.64. The number of aromatic nitrogens is 2. The molecular weight excluding hydrogens is 250 g/mol. The van der Waals surface area contributed by atoms with E-state index >= 15 is 0 Å². The van der Waals surface area contributed by atoms with Crippen molar-refractivity contribution < 1.29 is 4.74 Å². The molecular formula is C16H25N3O. The van der Waals surface area contributed by atoms with E-state index in [2.05, 4.69) is 13.8 Å². The highest BCUT2D eigenvalue weighted by atomic mass is 16.5. The Morgan fingerprint density at radius 2 is 2.20 bits per heavy atom. The van der Waals surface area contributed by atoms with Crippen molar-refractivity contribution >= 4 is 0 Å². The molecule has 0 spiro atoms. The van der Waals surface area contributed by atoms with Gasteiger partial charge >= 0.3 is 0 Å². The van der Waals surface area contributed by atoms with E-state index in [1.54, 1.807) is 0 Å². The maximum atomic E-state index is 5.99. The quantitative estimate of drug-likeness (QED) is 0.899. The Hall–Kier alpha value is -1.00. The van der Waals surface area contributed by atoms with Crippen LogP contribution in [0.1, 0.15) is 55.4 Å². The maximum Gasteiger partial charge on any atom is 0.160 e. The summed E-state index contributed by atoms with van der Waals surface area (Å²) in [6, 6.07) is 0. The van der Waals surface area contributed by atoms with Gasteiger partial charge in [-0.1, -0.05) is 0 Å². The molecule has 2 aliphatic rings. The van der Waals surface area contributed by atoms with Crippen LogP contribution in [0.4, 0.5) is 0 Å². The van der Waals surface area contributed by atoms with Gasteiger partial charge in [0.2, 0.25) is 0 Å². The van der Waals surface area contributed by atoms with Gasteiger partial charge < -0.3 is 10.5 Å². The minimum atomic E-state index is -0.289. The first kappa shape index (κ1) is 14.0. The molecule has 1 aromatic heterocycles. The number of hydrogen-bond acceptors (Lipinski definition) is 4. The summed E-state index contributed by atoms with van der Waals surface area (Å²) >= 11 is 0. The van der Waals surface area contributed by atoms with E-state index in [1.165, 1.54) is 17.7 Å². The molecule has 1 aliphatic heterocycles. The number of aryl methyl sites for hydroxylation is 2. The summed E-state index contributed by atoms with van der Waals surface area (Å²) in [5.74, 6) is 1.48. The molecule has 1 aromatic rings. The lowest BCUT2D eigenvalue weighted by Gasteiger charge is -2.34. The third-order valence-electron chi connectivity index (χ3n) is 4.86. The van der Waals surface area contributed by atoms with E-state index in [1.807, 2.05) is 0 Å². The monoisotopic (exact) mass is 275 g/mol. The summed E-state index contributed by atoms with van der Waals surface area (Å²) in [7, 11) is 0. The van der Waals surface area contributed by atoms with E-state index in [0.29, 0.717) is 5.92 Å². The van der Waals surface area contributed by atoms with Crippen molar-refractivity contribution in [3.8, 4) is 0 Å². The van der Waals surface area contributed by atoms with Gasteiger partial charge in [0.1, 0.15) is 5.60 Å². The maximum absolute atomic E-state index is 5.99. The molecule has 0 radical (unpaired) electrons. The normalized spacial score (nSPS) is 30.1. The lowest BCUT2D eigenvalue weighted by Crippen LogP contribution is -2.34. The fourth-order valence-corrected chi connectivity index (χ4v) is 3.41. The van der Waals surface area contributed by atoms with Gasteiger partial charge in [-0.05, 0) is 70.4 Å². The second kappa shape index (κ2) is 5.41. The minimum absolute atomic E-state index is 0.289. The highest BCUT2D eigenvalue weighted by Gasteiger charge is 2.34. The first-order valence-electron chi connectivity index (χ1n) is 7.83. The summed E-state index contributed by atoms with van der Waals surface area (Å²) in [6.07, 6.45) is 6.59. The van der Waals surface area contributed by atoms with Crippen LogP contribution in [0.3, 0.4) is 0 Å². The van der Waals surface area contributed by atoms with Crippen LogP contribution in [0.5, 0.6) is 0 Å². The van der Waals surface area contributed by atoms with Gasteiger partial charge in [0.15, 0.2) is 5.82 Å². The van der Waals surface area contributed by atoms with Gasteiger partial charge in [-0.3, -0.25) is 0 Å². The average molecular weight is 275 g/mol. The van der Waals surface area contributed by atoms with E-state index in [4.69, 9.17) is 20.4 Å². The number of nitrogens with zero attached hydrogens (tertiary/aromatic N) is 2. The SMILES string of the molecule is Cc1nc(C2(C)CCCCO2)nc2c1CC(CN)CC2. The second-order valence-electron chi connectivity index (χ2n) is 6.44. The molecule has 2 heterocycles. The molecule has 4 nitrogen and oxygen atoms in total. The van der Waals surface area contributed by atoms with Crippen LogP contribution < -0.4 is 5.73 Å². The first-order chi connectivity index (χ1) is 9.62. The van der Waals surface area contributed by atoms with Gasteiger partial charge in [0, 0.05) is 18.0 Å². The molecule has 20 heavy (non-hydrogen) atoms. The molecule has 110 valence electrons. The van der Waals surface area contributed by atoms with Crippen molar-refractivity contribution in [2.24, 2.45) is 11.7 Å². The van der Waals surface area contributed by atoms with Crippen molar-refractivity contribution in [3.05, 3.63) is 22.8 Å². The molecule has 4 heteroatoms. The molecule has 1 saturated heterocycles. The molecule has 1 fully saturated rings.